The maximum atomic E-state index is 14.7. The molecule has 4 aromatic carbocycles. The van der Waals surface area contributed by atoms with Crippen LogP contribution in [0, 0.1) is 5.41 Å². The molecule has 0 aliphatic carbocycles. The van der Waals surface area contributed by atoms with Crippen molar-refractivity contribution in [1.29, 1.82) is 0 Å². The van der Waals surface area contributed by atoms with Crippen LogP contribution < -0.4 is 10.6 Å². The van der Waals surface area contributed by atoms with E-state index in [1.54, 1.807) is 24.3 Å². The lowest BCUT2D eigenvalue weighted by Crippen LogP contribution is -2.34. The summed E-state index contributed by atoms with van der Waals surface area (Å²) in [5.74, 6) is -0.510. The molecule has 0 saturated heterocycles. The number of hydrogen-bond donors (Lipinski definition) is 0. The first-order valence-corrected chi connectivity index (χ1v) is 14.4. The number of allylic oxidation sites excluding steroid dienone is 2. The first-order valence-electron chi connectivity index (χ1n) is 12.6. The van der Waals surface area contributed by atoms with E-state index in [0.717, 1.165) is 16.0 Å². The quantitative estimate of drug-likeness (QED) is 0.200. The molecule has 4 aromatic rings. The maximum absolute atomic E-state index is 14.7. The average molecular weight is 517 g/mol. The molecule has 0 radical (unpaired) electrons. The van der Waals surface area contributed by atoms with E-state index in [0.29, 0.717) is 16.4 Å². The normalized spacial score (nSPS) is 14.9. The summed E-state index contributed by atoms with van der Waals surface area (Å²) >= 11 is 0. The number of hydrogen-bond acceptors (Lipinski definition) is 4. The van der Waals surface area contributed by atoms with Crippen molar-refractivity contribution in [3.8, 4) is 0 Å². The molecule has 0 fully saturated rings. The van der Waals surface area contributed by atoms with E-state index in [-0.39, 0.29) is 17.3 Å². The minimum absolute atomic E-state index is 0.110. The van der Waals surface area contributed by atoms with Crippen LogP contribution in [0.2, 0.25) is 0 Å². The fraction of sp³-hybridized carbons (Fsp3) is 0.121. The predicted octanol–water partition coefficient (Wildman–Crippen LogP) is 7.27. The van der Waals surface area contributed by atoms with Gasteiger partial charge in [0, 0.05) is 23.4 Å². The van der Waals surface area contributed by atoms with E-state index in [2.05, 4.69) is 50.2 Å². The van der Waals surface area contributed by atoms with Crippen LogP contribution in [0.5, 0.6) is 0 Å². The number of carbonyl (C=O) groups is 2. The van der Waals surface area contributed by atoms with Gasteiger partial charge in [0.15, 0.2) is 5.78 Å². The lowest BCUT2D eigenvalue weighted by Gasteiger charge is -2.38. The number of azo groups is 1. The molecular weight excluding hydrogens is 487 g/mol. The summed E-state index contributed by atoms with van der Waals surface area (Å²) in [5.41, 5.74) is 1.47. The predicted molar refractivity (Wildman–Crippen MR) is 157 cm³/mol. The van der Waals surface area contributed by atoms with E-state index >= 15 is 0 Å². The lowest BCUT2D eigenvalue weighted by molar-refractivity contribution is 0.100. The van der Waals surface area contributed by atoms with Crippen molar-refractivity contribution >= 4 is 34.5 Å². The van der Waals surface area contributed by atoms with E-state index in [1.165, 1.54) is 0 Å². The van der Waals surface area contributed by atoms with Crippen molar-refractivity contribution in [1.82, 2.24) is 0 Å². The van der Waals surface area contributed by atoms with Gasteiger partial charge >= 0.3 is 0 Å². The van der Waals surface area contributed by atoms with Crippen molar-refractivity contribution in [3.63, 3.8) is 0 Å². The van der Waals surface area contributed by atoms with Gasteiger partial charge in [0.25, 0.3) is 0 Å². The molecule has 0 spiro atoms. The van der Waals surface area contributed by atoms with Crippen LogP contribution in [0.1, 0.15) is 41.5 Å². The van der Waals surface area contributed by atoms with Gasteiger partial charge in [-0.3, -0.25) is 9.59 Å². The minimum atomic E-state index is -2.92. The van der Waals surface area contributed by atoms with Crippen LogP contribution >= 0.6 is 6.89 Å². The molecule has 0 bridgehead atoms. The van der Waals surface area contributed by atoms with Crippen LogP contribution in [-0.4, -0.2) is 17.0 Å². The van der Waals surface area contributed by atoms with Crippen LogP contribution in [-0.2, 0) is 0 Å². The summed E-state index contributed by atoms with van der Waals surface area (Å²) in [4.78, 5) is 28.8. The fourth-order valence-electron chi connectivity index (χ4n) is 4.95. The van der Waals surface area contributed by atoms with Crippen LogP contribution in [0.3, 0.4) is 0 Å². The van der Waals surface area contributed by atoms with Crippen molar-refractivity contribution in [3.05, 3.63) is 143 Å². The number of benzene rings is 4. The molecule has 4 nitrogen and oxygen atoms in total. The van der Waals surface area contributed by atoms with Gasteiger partial charge < -0.3 is 0 Å². The monoisotopic (exact) mass is 516 g/mol. The fourth-order valence-corrected chi connectivity index (χ4v) is 9.79. The Kier molecular flexibility index (Phi) is 6.93. The largest absolute Gasteiger partial charge is 0.288 e. The van der Waals surface area contributed by atoms with Crippen LogP contribution in [0.25, 0.3) is 0 Å². The third kappa shape index (κ3) is 4.42. The second-order valence-electron chi connectivity index (χ2n) is 10.2. The molecule has 0 amide bonds. The van der Waals surface area contributed by atoms with E-state index in [4.69, 9.17) is 5.11 Å². The molecule has 188 valence electrons. The van der Waals surface area contributed by atoms with Crippen molar-refractivity contribution < 1.29 is 9.59 Å². The summed E-state index contributed by atoms with van der Waals surface area (Å²) in [6, 6.07) is 38.2. The Morgan fingerprint density at radius 1 is 0.553 bits per heavy atom. The zero-order valence-corrected chi connectivity index (χ0v) is 22.6. The number of rotatable bonds is 6. The average Bonchev–Trinajstić information content (AvgIpc) is 2.97. The Balaban J connectivity index is 2.01. The second kappa shape index (κ2) is 10.3. The van der Waals surface area contributed by atoms with Crippen LogP contribution in [0.4, 0.5) is 0 Å². The smallest absolute Gasteiger partial charge is 0.214 e. The van der Waals surface area contributed by atoms with Crippen molar-refractivity contribution in [2.75, 3.05) is 0 Å². The molecule has 5 rings (SSSR count). The second-order valence-corrected chi connectivity index (χ2v) is 13.4. The van der Waals surface area contributed by atoms with Gasteiger partial charge in [-0.15, -0.1) is 5.11 Å². The van der Waals surface area contributed by atoms with Gasteiger partial charge in [0.1, 0.15) is 5.70 Å². The summed E-state index contributed by atoms with van der Waals surface area (Å²) < 4.78 is 0. The summed E-state index contributed by atoms with van der Waals surface area (Å²) in [7, 11) is 0. The maximum Gasteiger partial charge on any atom is 0.214 e. The van der Waals surface area contributed by atoms with E-state index in [1.807, 2.05) is 72.8 Å². The molecule has 0 unspecified atom stereocenters. The van der Waals surface area contributed by atoms with Crippen LogP contribution in [0.15, 0.2) is 143 Å². The molecule has 0 atom stereocenters. The highest BCUT2D eigenvalue weighted by Crippen LogP contribution is 2.61. The molecule has 1 heterocycles. The van der Waals surface area contributed by atoms with Gasteiger partial charge in [0.2, 0.25) is 5.78 Å². The van der Waals surface area contributed by atoms with Gasteiger partial charge in [-0.25, -0.2) is 0 Å². The Bertz CT molecular complexity index is 1560. The first kappa shape index (κ1) is 25.5. The Labute approximate surface area is 223 Å². The van der Waals surface area contributed by atoms with E-state index in [9.17, 15) is 9.59 Å². The third-order valence-corrected chi connectivity index (χ3v) is 11.2. The van der Waals surface area contributed by atoms with E-state index < -0.39 is 12.3 Å². The van der Waals surface area contributed by atoms with Gasteiger partial charge in [-0.1, -0.05) is 142 Å². The van der Waals surface area contributed by atoms with Gasteiger partial charge in [-0.05, 0) is 10.6 Å². The number of Topliss-reactive ketones (excluding diaryl/α,β-unsaturated/α-hetero) is 2. The highest BCUT2D eigenvalue weighted by molar-refractivity contribution is 7.93. The SMILES string of the molecule is CC(C)(C)C1=P(c2ccccc2)(c2ccccc2)C(C(=O)c2ccccc2)=C(C(=O)c2ccccc2)N=N1. The van der Waals surface area contributed by atoms with Crippen molar-refractivity contribution in [2.24, 2.45) is 15.6 Å². The standard InChI is InChI=1S/C33H29N2O2P/c1-33(2,3)32-35-34-28(29(36)24-16-8-4-9-17-24)31(30(37)25-18-10-5-11-19-25)38(32,26-20-12-6-13-21-26)27-22-14-7-15-23-27/h4-23H,1-3H3. The molecule has 5 heteroatoms. The van der Waals surface area contributed by atoms with Crippen molar-refractivity contribution in [2.45, 2.75) is 20.8 Å². The van der Waals surface area contributed by atoms with Gasteiger partial charge in [-0.2, -0.15) is 5.11 Å². The highest BCUT2D eigenvalue weighted by Gasteiger charge is 2.44. The highest BCUT2D eigenvalue weighted by atomic mass is 31.2. The Hall–Kier alpha value is -4.14. The summed E-state index contributed by atoms with van der Waals surface area (Å²) in [6.07, 6.45) is 0. The molecule has 1 aliphatic heterocycles. The number of nitrogens with zero attached hydrogens (tertiary/aromatic N) is 2. The molecule has 0 N–H and O–H groups in total. The van der Waals surface area contributed by atoms with Gasteiger partial charge in [0.05, 0.1) is 10.7 Å². The molecule has 0 aromatic heterocycles. The third-order valence-electron chi connectivity index (χ3n) is 6.58. The summed E-state index contributed by atoms with van der Waals surface area (Å²) in [6.45, 7) is 3.36. The Morgan fingerprint density at radius 3 is 1.37 bits per heavy atom. The number of carbonyl (C=O) groups excluding carboxylic acids is 2. The molecule has 0 saturated carbocycles. The lowest BCUT2D eigenvalue weighted by atomic mass is 9.97. The Morgan fingerprint density at radius 2 is 0.947 bits per heavy atom. The zero-order chi connectivity index (χ0) is 26.8. The number of ketones is 2. The topological polar surface area (TPSA) is 58.9 Å². The molecule has 1 aliphatic rings. The molecule has 38 heavy (non-hydrogen) atoms. The molecular formula is C33H29N2O2P. The minimum Gasteiger partial charge on any atom is -0.288 e. The summed E-state index contributed by atoms with van der Waals surface area (Å²) in [5, 5.41) is 11.7. The zero-order valence-electron chi connectivity index (χ0n) is 21.7. The first-order chi connectivity index (χ1) is 18.3.